The normalized spacial score (nSPS) is 28.3. The van der Waals surface area contributed by atoms with Gasteiger partial charge in [0, 0.05) is 110 Å². The molecule has 10 aliphatic rings. The molecule has 0 saturated carbocycles. The van der Waals surface area contributed by atoms with Crippen molar-refractivity contribution in [2.24, 2.45) is 5.73 Å². The standard InChI is InChI=1S/C72H105N19O28/c1-35(80-53(98)23-74-61(108)48-17-37(93)30-87(48)68(115)42(10-11-59(104)105)81-54(99)24-75-62(109)49-18-38(94)31-88(49)69(116)43-6-2-12-82(43)55(100)22-73)67(114)86-29-36(92)16-47(86)63(110)76-25-56(101)83-13-3-7-44(83)70(117)89-32-39(95)19-50(89)64(111)77-26-57(102)84-14-4-8-45(84)71(118)90-33-40(96)20-51(90)65(112)78-27-58(103)85-15-5-9-46(85)72(119)91-34-41(97)21-52(91)66(113)79-28-60(106)107/h35-52,92-97H,2-34,73H2,1H3,(H,74,108)(H,75,109)(H,76,110)(H,77,111)(H,78,112)(H,79,113)(H,80,98)(H,81,99)(H,104,105)(H,106,107)/t35-,36+,37+,38+,39+,40+,41+,42-,43-,44-,45-,46-,47-,48-,49-,50-,51-,52-/m0/s1. The van der Waals surface area contributed by atoms with E-state index in [1.54, 1.807) is 0 Å². The van der Waals surface area contributed by atoms with E-state index in [-0.39, 0.29) is 130 Å². The number of likely N-dealkylation sites (tertiary alicyclic amines) is 10. The second-order valence-electron chi connectivity index (χ2n) is 31.6. The minimum absolute atomic E-state index is 0.0119. The van der Waals surface area contributed by atoms with Gasteiger partial charge in [0.15, 0.2) is 0 Å². The van der Waals surface area contributed by atoms with E-state index < -0.39 is 293 Å². The van der Waals surface area contributed by atoms with Gasteiger partial charge < -0.3 is 138 Å². The molecular weight excluding hydrogens is 1580 g/mol. The lowest BCUT2D eigenvalue weighted by molar-refractivity contribution is -0.148. The first-order valence-electron chi connectivity index (χ1n) is 39.9. The van der Waals surface area contributed by atoms with E-state index in [4.69, 9.17) is 10.8 Å². The molecule has 18 atom stereocenters. The molecular formula is C72H105N19O28. The van der Waals surface area contributed by atoms with Crippen molar-refractivity contribution in [2.75, 3.05) is 111 Å². The SMILES string of the molecule is C[C@H](NC(=O)CNC(=O)[C@@H]1C[C@@H](O)CN1C(=O)[C@H](CCC(=O)O)NC(=O)CNC(=O)[C@@H]1C[C@@H](O)CN1C(=O)[C@@H]1CCCN1C(=O)CN)C(=O)N1C[C@H](O)C[C@H]1C(=O)NCC(=O)N1CCC[C@H]1C(=O)N1C[C@H](O)C[C@H]1C(=O)NCC(=O)N1CCC[C@H]1C(=O)N1C[C@H](O)C[C@H]1C(=O)NCC(=O)N1CCC[C@H]1C(=O)N1C[C@H](O)C[C@H]1C(=O)NCC(=O)O. The van der Waals surface area contributed by atoms with Gasteiger partial charge in [-0.05, 0) is 64.7 Å². The number of amides is 18. The quantitative estimate of drug-likeness (QED) is 0.0318. The van der Waals surface area contributed by atoms with Crippen molar-refractivity contribution in [1.82, 2.24) is 91.5 Å². The van der Waals surface area contributed by atoms with Crippen molar-refractivity contribution >= 4 is 118 Å². The predicted molar refractivity (Wildman–Crippen MR) is 397 cm³/mol. The Kier molecular flexibility index (Phi) is 30.2. The molecule has 47 heteroatoms. The minimum Gasteiger partial charge on any atom is -0.481 e. The summed E-state index contributed by atoms with van der Waals surface area (Å²) >= 11 is 0. The molecule has 10 fully saturated rings. The molecule has 119 heavy (non-hydrogen) atoms. The smallest absolute Gasteiger partial charge is 0.322 e. The van der Waals surface area contributed by atoms with Gasteiger partial charge in [0.05, 0.1) is 75.9 Å². The van der Waals surface area contributed by atoms with Gasteiger partial charge in [-0.2, -0.15) is 0 Å². The zero-order valence-corrected chi connectivity index (χ0v) is 65.5. The Morgan fingerprint density at radius 1 is 0.319 bits per heavy atom. The molecule has 10 heterocycles. The van der Waals surface area contributed by atoms with Crippen LogP contribution in [0.4, 0.5) is 0 Å². The Bertz CT molecular complexity index is 3970. The fraction of sp³-hybridized carbons (Fsp3) is 0.722. The van der Waals surface area contributed by atoms with Crippen LogP contribution in [0, 0.1) is 0 Å². The number of aliphatic hydroxyl groups is 6. The number of β-amino-alcohol motifs (C(OH)–C–C–N with tert-alkyl or cyclic N) is 6. The second-order valence-corrected chi connectivity index (χ2v) is 31.6. The van der Waals surface area contributed by atoms with E-state index in [2.05, 4.69) is 42.5 Å². The van der Waals surface area contributed by atoms with Crippen LogP contribution in [0.3, 0.4) is 0 Å². The highest BCUT2D eigenvalue weighted by molar-refractivity contribution is 6.01. The number of nitrogens with two attached hydrogens (primary N) is 1. The molecule has 0 radical (unpaired) electrons. The molecule has 0 aromatic carbocycles. The minimum atomic E-state index is -1.65. The van der Waals surface area contributed by atoms with E-state index in [9.17, 15) is 132 Å². The highest BCUT2D eigenvalue weighted by Crippen LogP contribution is 2.32. The Labute approximate surface area is 680 Å². The third kappa shape index (κ3) is 21.6. The number of hydrogen-bond donors (Lipinski definition) is 17. The molecule has 18 amide bonds. The Morgan fingerprint density at radius 3 is 0.874 bits per heavy atom. The highest BCUT2D eigenvalue weighted by atomic mass is 16.4. The van der Waals surface area contributed by atoms with Crippen LogP contribution < -0.4 is 48.3 Å². The van der Waals surface area contributed by atoms with Gasteiger partial charge in [0.25, 0.3) is 0 Å². The third-order valence-corrected chi connectivity index (χ3v) is 23.3. The molecule has 0 unspecified atom stereocenters. The Morgan fingerprint density at radius 2 is 0.580 bits per heavy atom. The van der Waals surface area contributed by atoms with Gasteiger partial charge in [-0.1, -0.05) is 0 Å². The monoisotopic (exact) mass is 1680 g/mol. The number of rotatable bonds is 30. The predicted octanol–water partition coefficient (Wildman–Crippen LogP) is -13.7. The third-order valence-electron chi connectivity index (χ3n) is 23.3. The summed E-state index contributed by atoms with van der Waals surface area (Å²) in [6.45, 7) is -5.22. The molecule has 47 nitrogen and oxygen atoms in total. The molecule has 10 rings (SSSR count). The molecule has 656 valence electrons. The van der Waals surface area contributed by atoms with Crippen molar-refractivity contribution in [2.45, 2.75) is 219 Å². The zero-order chi connectivity index (χ0) is 86.7. The van der Waals surface area contributed by atoms with Crippen molar-refractivity contribution in [3.8, 4) is 0 Å². The van der Waals surface area contributed by atoms with Crippen molar-refractivity contribution < 1.29 is 137 Å². The summed E-state index contributed by atoms with van der Waals surface area (Å²) in [5.41, 5.74) is 5.52. The fourth-order valence-electron chi connectivity index (χ4n) is 17.6. The molecule has 0 spiro atoms. The number of carboxylic acids is 2. The van der Waals surface area contributed by atoms with Crippen LogP contribution >= 0.6 is 0 Å². The number of aliphatic carboxylic acids is 2. The van der Waals surface area contributed by atoms with E-state index >= 15 is 0 Å². The average Bonchev–Trinajstić information content (AvgIpc) is 1.67. The van der Waals surface area contributed by atoms with Gasteiger partial charge in [0.1, 0.15) is 79.0 Å². The van der Waals surface area contributed by atoms with E-state index in [1.807, 2.05) is 0 Å². The molecule has 0 aromatic heterocycles. The molecule has 10 saturated heterocycles. The van der Waals surface area contributed by atoms with Crippen LogP contribution in [-0.4, -0.2) is 429 Å². The largest absolute Gasteiger partial charge is 0.481 e. The number of carboxylic acid groups (broad SMARTS) is 2. The number of aliphatic hydroxyl groups excluding tert-OH is 6. The first-order chi connectivity index (χ1) is 56.4. The average molecular weight is 1680 g/mol. The summed E-state index contributed by atoms with van der Waals surface area (Å²) in [5, 5.41) is 101. The van der Waals surface area contributed by atoms with Crippen molar-refractivity contribution in [1.29, 1.82) is 0 Å². The van der Waals surface area contributed by atoms with E-state index in [0.29, 0.717) is 19.3 Å². The second kappa shape index (κ2) is 39.8. The van der Waals surface area contributed by atoms with Crippen LogP contribution in [0.2, 0.25) is 0 Å². The molecule has 0 bridgehead atoms. The van der Waals surface area contributed by atoms with E-state index in [0.717, 1.165) is 29.4 Å². The first kappa shape index (κ1) is 90.4. The Hall–Kier alpha value is -10.9. The number of carbonyl (C=O) groups is 20. The highest BCUT2D eigenvalue weighted by Gasteiger charge is 2.52. The fourth-order valence-corrected chi connectivity index (χ4v) is 17.6. The van der Waals surface area contributed by atoms with E-state index in [1.165, 1.54) is 26.5 Å². The van der Waals surface area contributed by atoms with Gasteiger partial charge in [-0.15, -0.1) is 0 Å². The first-order valence-corrected chi connectivity index (χ1v) is 39.9. The van der Waals surface area contributed by atoms with Gasteiger partial charge in [0.2, 0.25) is 106 Å². The van der Waals surface area contributed by atoms with Gasteiger partial charge in [-0.3, -0.25) is 95.9 Å². The summed E-state index contributed by atoms with van der Waals surface area (Å²) < 4.78 is 0. The van der Waals surface area contributed by atoms with Crippen LogP contribution in [-0.2, 0) is 95.9 Å². The molecule has 10 aliphatic heterocycles. The maximum Gasteiger partial charge on any atom is 0.322 e. The maximum atomic E-state index is 14.4. The van der Waals surface area contributed by atoms with Crippen molar-refractivity contribution in [3.05, 3.63) is 0 Å². The molecule has 18 N–H and O–H groups in total. The number of hydrogen-bond acceptors (Lipinski definition) is 27. The lowest BCUT2D eigenvalue weighted by Gasteiger charge is -2.32. The summed E-state index contributed by atoms with van der Waals surface area (Å²) in [7, 11) is 0. The molecule has 0 aromatic rings. The van der Waals surface area contributed by atoms with Crippen LogP contribution in [0.15, 0.2) is 0 Å². The number of nitrogens with zero attached hydrogens (tertiary/aromatic N) is 10. The van der Waals surface area contributed by atoms with Crippen LogP contribution in [0.5, 0.6) is 0 Å². The van der Waals surface area contributed by atoms with Gasteiger partial charge in [-0.25, -0.2) is 0 Å². The number of nitrogens with one attached hydrogen (secondary N) is 8. The lowest BCUT2D eigenvalue weighted by atomic mass is 10.1. The van der Waals surface area contributed by atoms with Crippen LogP contribution in [0.1, 0.15) is 110 Å². The zero-order valence-electron chi connectivity index (χ0n) is 65.5. The Balaban J connectivity index is 0.656. The van der Waals surface area contributed by atoms with Crippen LogP contribution in [0.25, 0.3) is 0 Å². The summed E-state index contributed by atoms with van der Waals surface area (Å²) in [5.74, 6) is -17.3. The summed E-state index contributed by atoms with van der Waals surface area (Å²) in [6, 6.07) is -15.5. The maximum absolute atomic E-state index is 14.4. The van der Waals surface area contributed by atoms with Gasteiger partial charge >= 0.3 is 11.9 Å². The lowest BCUT2D eigenvalue weighted by Crippen LogP contribution is -2.57. The number of carbonyl (C=O) groups excluding carboxylic acids is 18. The van der Waals surface area contributed by atoms with Crippen molar-refractivity contribution in [3.63, 3.8) is 0 Å². The summed E-state index contributed by atoms with van der Waals surface area (Å²) in [4.78, 5) is 280. The summed E-state index contributed by atoms with van der Waals surface area (Å²) in [6.07, 6.45) is -7.91. The molecule has 0 aliphatic carbocycles. The topological polar surface area (TPSA) is 658 Å².